The number of aliphatic hydroxyl groups is 1. The van der Waals surface area contributed by atoms with Gasteiger partial charge in [-0.25, -0.2) is 4.79 Å². The molecule has 16 heavy (non-hydrogen) atoms. The SMILES string of the molecule is CCCCCC/C=C(\CCO)C(=O)OCC. The van der Waals surface area contributed by atoms with Crippen molar-refractivity contribution in [1.82, 2.24) is 0 Å². The van der Waals surface area contributed by atoms with Crippen molar-refractivity contribution in [3.8, 4) is 0 Å². The van der Waals surface area contributed by atoms with Crippen molar-refractivity contribution in [3.05, 3.63) is 11.6 Å². The summed E-state index contributed by atoms with van der Waals surface area (Å²) in [5.41, 5.74) is 0.612. The molecule has 0 aromatic carbocycles. The summed E-state index contributed by atoms with van der Waals surface area (Å²) < 4.78 is 4.92. The van der Waals surface area contributed by atoms with E-state index in [1.54, 1.807) is 6.92 Å². The zero-order valence-electron chi connectivity index (χ0n) is 10.5. The second-order valence-corrected chi connectivity index (χ2v) is 3.77. The summed E-state index contributed by atoms with van der Waals surface area (Å²) in [4.78, 5) is 11.5. The van der Waals surface area contributed by atoms with Crippen molar-refractivity contribution in [2.45, 2.75) is 52.4 Å². The van der Waals surface area contributed by atoms with Gasteiger partial charge >= 0.3 is 5.97 Å². The molecular weight excluding hydrogens is 204 g/mol. The number of rotatable bonds is 9. The molecule has 0 aromatic heterocycles. The number of allylic oxidation sites excluding steroid dienone is 1. The van der Waals surface area contributed by atoms with E-state index in [2.05, 4.69) is 6.92 Å². The van der Waals surface area contributed by atoms with E-state index in [9.17, 15) is 4.79 Å². The fourth-order valence-electron chi connectivity index (χ4n) is 1.48. The topological polar surface area (TPSA) is 46.5 Å². The third kappa shape index (κ3) is 7.46. The lowest BCUT2D eigenvalue weighted by Gasteiger charge is -2.05. The Kier molecular flexibility index (Phi) is 10.1. The Morgan fingerprint density at radius 3 is 2.56 bits per heavy atom. The quantitative estimate of drug-likeness (QED) is 0.375. The number of ether oxygens (including phenoxy) is 1. The molecule has 0 radical (unpaired) electrons. The molecule has 0 bridgehead atoms. The van der Waals surface area contributed by atoms with E-state index in [0.29, 0.717) is 18.6 Å². The average molecular weight is 228 g/mol. The van der Waals surface area contributed by atoms with Crippen LogP contribution in [0.5, 0.6) is 0 Å². The van der Waals surface area contributed by atoms with Gasteiger partial charge in [0, 0.05) is 18.6 Å². The molecular formula is C13H24O3. The van der Waals surface area contributed by atoms with Gasteiger partial charge in [0.25, 0.3) is 0 Å². The van der Waals surface area contributed by atoms with E-state index in [-0.39, 0.29) is 12.6 Å². The van der Waals surface area contributed by atoms with Crippen LogP contribution in [0.1, 0.15) is 52.4 Å². The van der Waals surface area contributed by atoms with Crippen LogP contribution in [0.4, 0.5) is 0 Å². The normalized spacial score (nSPS) is 11.6. The molecule has 0 unspecified atom stereocenters. The van der Waals surface area contributed by atoms with Gasteiger partial charge in [-0.2, -0.15) is 0 Å². The predicted molar refractivity (Wildman–Crippen MR) is 65.2 cm³/mol. The van der Waals surface area contributed by atoms with Gasteiger partial charge in [-0.15, -0.1) is 0 Å². The van der Waals surface area contributed by atoms with Crippen LogP contribution in [0.25, 0.3) is 0 Å². The summed E-state index contributed by atoms with van der Waals surface area (Å²) >= 11 is 0. The van der Waals surface area contributed by atoms with Crippen molar-refractivity contribution in [2.75, 3.05) is 13.2 Å². The lowest BCUT2D eigenvalue weighted by molar-refractivity contribution is -0.138. The number of esters is 1. The molecule has 0 saturated carbocycles. The Morgan fingerprint density at radius 2 is 2.00 bits per heavy atom. The molecule has 0 aliphatic carbocycles. The number of aliphatic hydroxyl groups excluding tert-OH is 1. The van der Waals surface area contributed by atoms with E-state index < -0.39 is 0 Å². The maximum atomic E-state index is 11.5. The van der Waals surface area contributed by atoms with E-state index in [0.717, 1.165) is 12.8 Å². The molecule has 0 fully saturated rings. The van der Waals surface area contributed by atoms with E-state index in [1.807, 2.05) is 6.08 Å². The van der Waals surface area contributed by atoms with Crippen molar-refractivity contribution in [3.63, 3.8) is 0 Å². The average Bonchev–Trinajstić information content (AvgIpc) is 2.27. The molecule has 0 rings (SSSR count). The summed E-state index contributed by atoms with van der Waals surface area (Å²) in [7, 11) is 0. The molecule has 3 nitrogen and oxygen atoms in total. The Morgan fingerprint density at radius 1 is 1.25 bits per heavy atom. The van der Waals surface area contributed by atoms with E-state index >= 15 is 0 Å². The van der Waals surface area contributed by atoms with E-state index in [1.165, 1.54) is 19.3 Å². The molecule has 1 N–H and O–H groups in total. The Labute approximate surface area is 98.5 Å². The maximum absolute atomic E-state index is 11.5. The standard InChI is InChI=1S/C13H24O3/c1-3-5-6-7-8-9-12(10-11-14)13(15)16-4-2/h9,14H,3-8,10-11H2,1-2H3/b12-9+. The van der Waals surface area contributed by atoms with Crippen LogP contribution < -0.4 is 0 Å². The monoisotopic (exact) mass is 228 g/mol. The first-order chi connectivity index (χ1) is 7.76. The van der Waals surface area contributed by atoms with Gasteiger partial charge in [-0.05, 0) is 19.8 Å². The Balaban J connectivity index is 3.98. The van der Waals surface area contributed by atoms with Gasteiger partial charge in [0.05, 0.1) is 6.61 Å². The Bertz CT molecular complexity index is 209. The largest absolute Gasteiger partial charge is 0.463 e. The molecule has 0 heterocycles. The number of carbonyl (C=O) groups is 1. The zero-order valence-corrected chi connectivity index (χ0v) is 10.5. The molecule has 94 valence electrons. The predicted octanol–water partition coefficient (Wildman–Crippen LogP) is 2.83. The van der Waals surface area contributed by atoms with Crippen molar-refractivity contribution in [1.29, 1.82) is 0 Å². The zero-order chi connectivity index (χ0) is 12.2. The lowest BCUT2D eigenvalue weighted by Crippen LogP contribution is -2.09. The summed E-state index contributed by atoms with van der Waals surface area (Å²) in [6, 6.07) is 0. The summed E-state index contributed by atoms with van der Waals surface area (Å²) in [5, 5.41) is 8.85. The fraction of sp³-hybridized carbons (Fsp3) is 0.769. The molecule has 3 heteroatoms. The van der Waals surface area contributed by atoms with Crippen LogP contribution in [-0.2, 0) is 9.53 Å². The van der Waals surface area contributed by atoms with E-state index in [4.69, 9.17) is 9.84 Å². The van der Waals surface area contributed by atoms with Gasteiger partial charge in [0.1, 0.15) is 0 Å². The Hall–Kier alpha value is -0.830. The number of carbonyl (C=O) groups excluding carboxylic acids is 1. The third-order valence-corrected chi connectivity index (χ3v) is 2.37. The van der Waals surface area contributed by atoms with Crippen LogP contribution in [0.15, 0.2) is 11.6 Å². The number of unbranched alkanes of at least 4 members (excludes halogenated alkanes) is 4. The molecule has 0 spiro atoms. The minimum Gasteiger partial charge on any atom is -0.463 e. The summed E-state index contributed by atoms with van der Waals surface area (Å²) in [6.07, 6.45) is 7.95. The van der Waals surface area contributed by atoms with Gasteiger partial charge < -0.3 is 9.84 Å². The first-order valence-electron chi connectivity index (χ1n) is 6.23. The molecule has 0 aliphatic heterocycles. The highest BCUT2D eigenvalue weighted by Crippen LogP contribution is 2.09. The third-order valence-electron chi connectivity index (χ3n) is 2.37. The molecule has 0 aliphatic rings. The van der Waals surface area contributed by atoms with Gasteiger partial charge in [0.15, 0.2) is 0 Å². The van der Waals surface area contributed by atoms with Gasteiger partial charge in [0.2, 0.25) is 0 Å². The van der Waals surface area contributed by atoms with Crippen molar-refractivity contribution < 1.29 is 14.6 Å². The smallest absolute Gasteiger partial charge is 0.333 e. The highest BCUT2D eigenvalue weighted by atomic mass is 16.5. The van der Waals surface area contributed by atoms with Gasteiger partial charge in [-0.1, -0.05) is 32.3 Å². The minimum atomic E-state index is -0.285. The molecule has 0 atom stereocenters. The van der Waals surface area contributed by atoms with Crippen molar-refractivity contribution in [2.24, 2.45) is 0 Å². The second-order valence-electron chi connectivity index (χ2n) is 3.77. The summed E-state index contributed by atoms with van der Waals surface area (Å²) in [6.45, 7) is 4.35. The van der Waals surface area contributed by atoms with Crippen LogP contribution >= 0.6 is 0 Å². The molecule has 0 aromatic rings. The highest BCUT2D eigenvalue weighted by Gasteiger charge is 2.08. The molecule has 0 amide bonds. The summed E-state index contributed by atoms with van der Waals surface area (Å²) in [5.74, 6) is -0.285. The van der Waals surface area contributed by atoms with Crippen LogP contribution in [-0.4, -0.2) is 24.3 Å². The maximum Gasteiger partial charge on any atom is 0.333 e. The van der Waals surface area contributed by atoms with Crippen LogP contribution in [0, 0.1) is 0 Å². The fourth-order valence-corrected chi connectivity index (χ4v) is 1.48. The minimum absolute atomic E-state index is 0.000389. The number of hydrogen-bond donors (Lipinski definition) is 1. The first-order valence-corrected chi connectivity index (χ1v) is 6.23. The first kappa shape index (κ1) is 15.2. The van der Waals surface area contributed by atoms with Crippen LogP contribution in [0.3, 0.4) is 0 Å². The van der Waals surface area contributed by atoms with Crippen molar-refractivity contribution >= 4 is 5.97 Å². The van der Waals surface area contributed by atoms with Gasteiger partial charge in [-0.3, -0.25) is 0 Å². The second kappa shape index (κ2) is 10.7. The number of hydrogen-bond acceptors (Lipinski definition) is 3. The highest BCUT2D eigenvalue weighted by molar-refractivity contribution is 5.88. The molecule has 0 saturated heterocycles. The van der Waals surface area contributed by atoms with Crippen LogP contribution in [0.2, 0.25) is 0 Å². The lowest BCUT2D eigenvalue weighted by atomic mass is 10.1.